The minimum atomic E-state index is -0.215. The zero-order valence-corrected chi connectivity index (χ0v) is 16.5. The van der Waals surface area contributed by atoms with Crippen molar-refractivity contribution in [2.75, 3.05) is 6.61 Å². The summed E-state index contributed by atoms with van der Waals surface area (Å²) >= 11 is 2.86. The standard InChI is InChI=1S/C23H21BrO3/c1-3-8-18(4-2)15-21(17-26-16-19-9-6-5-7-10-19)20-11-13-22(25)23(27-24)14-12-20/h3-15H,1-2,16-17H2/b18-8+,21-15+. The van der Waals surface area contributed by atoms with Gasteiger partial charge in [0.2, 0.25) is 5.43 Å². The molecule has 2 rings (SSSR count). The van der Waals surface area contributed by atoms with Crippen LogP contribution in [0.15, 0.2) is 102 Å². The van der Waals surface area contributed by atoms with Crippen LogP contribution in [-0.4, -0.2) is 6.61 Å². The van der Waals surface area contributed by atoms with Crippen molar-refractivity contribution < 1.29 is 8.57 Å². The monoisotopic (exact) mass is 424 g/mol. The molecule has 0 amide bonds. The molecule has 0 fully saturated rings. The molecule has 0 saturated carbocycles. The Balaban J connectivity index is 2.32. The summed E-state index contributed by atoms with van der Waals surface area (Å²) in [5.74, 6) is 0.219. The van der Waals surface area contributed by atoms with Gasteiger partial charge in [-0.15, -0.1) is 0 Å². The number of hydrogen-bond donors (Lipinski definition) is 0. The molecule has 138 valence electrons. The molecule has 0 radical (unpaired) electrons. The lowest BCUT2D eigenvalue weighted by molar-refractivity contribution is 0.153. The molecule has 0 unspecified atom stereocenters. The summed E-state index contributed by atoms with van der Waals surface area (Å²) in [5.41, 5.74) is 3.54. The Morgan fingerprint density at radius 2 is 1.78 bits per heavy atom. The van der Waals surface area contributed by atoms with Gasteiger partial charge in [-0.1, -0.05) is 73.9 Å². The highest BCUT2D eigenvalue weighted by atomic mass is 79.9. The van der Waals surface area contributed by atoms with E-state index >= 15 is 0 Å². The number of halogens is 1. The number of allylic oxidation sites excluding steroid dienone is 5. The van der Waals surface area contributed by atoms with Crippen LogP contribution in [0.25, 0.3) is 5.57 Å². The first kappa shape index (κ1) is 20.6. The van der Waals surface area contributed by atoms with E-state index in [1.54, 1.807) is 24.3 Å². The SMILES string of the molecule is C=C/C=C(C=C)/C=C(\COCc1ccccc1)c1ccc(OBr)c(=O)cc1. The summed E-state index contributed by atoms with van der Waals surface area (Å²) in [6.45, 7) is 8.43. The van der Waals surface area contributed by atoms with E-state index in [1.807, 2.05) is 48.6 Å². The average molecular weight is 425 g/mol. The van der Waals surface area contributed by atoms with Crippen molar-refractivity contribution >= 4 is 21.8 Å². The summed E-state index contributed by atoms with van der Waals surface area (Å²) in [6.07, 6.45) is 7.27. The highest BCUT2D eigenvalue weighted by Gasteiger charge is 2.05. The van der Waals surface area contributed by atoms with E-state index < -0.39 is 0 Å². The predicted molar refractivity (Wildman–Crippen MR) is 115 cm³/mol. The van der Waals surface area contributed by atoms with Crippen molar-refractivity contribution in [2.45, 2.75) is 6.61 Å². The van der Waals surface area contributed by atoms with E-state index in [1.165, 1.54) is 6.07 Å². The van der Waals surface area contributed by atoms with Gasteiger partial charge in [0.25, 0.3) is 0 Å². The Hall–Kier alpha value is -2.69. The van der Waals surface area contributed by atoms with E-state index in [2.05, 4.69) is 29.4 Å². The normalized spacial score (nSPS) is 11.7. The Labute approximate surface area is 168 Å². The zero-order chi connectivity index (χ0) is 19.5. The molecule has 0 spiro atoms. The molecule has 0 saturated heterocycles. The lowest BCUT2D eigenvalue weighted by Crippen LogP contribution is -1.99. The summed E-state index contributed by atoms with van der Waals surface area (Å²) < 4.78 is 10.8. The maximum Gasteiger partial charge on any atom is 0.221 e. The molecule has 0 atom stereocenters. The molecule has 0 aromatic heterocycles. The Morgan fingerprint density at radius 3 is 2.44 bits per heavy atom. The van der Waals surface area contributed by atoms with Crippen molar-refractivity contribution in [3.63, 3.8) is 0 Å². The van der Waals surface area contributed by atoms with Crippen LogP contribution >= 0.6 is 16.3 Å². The third-order valence-corrected chi connectivity index (χ3v) is 4.13. The van der Waals surface area contributed by atoms with Crippen molar-refractivity contribution in [1.29, 1.82) is 0 Å². The quantitative estimate of drug-likeness (QED) is 0.489. The molecular weight excluding hydrogens is 404 g/mol. The second-order valence-corrected chi connectivity index (χ2v) is 6.01. The van der Waals surface area contributed by atoms with Gasteiger partial charge < -0.3 is 8.57 Å². The van der Waals surface area contributed by atoms with Crippen LogP contribution in [0.4, 0.5) is 0 Å². The van der Waals surface area contributed by atoms with E-state index in [0.717, 1.165) is 22.3 Å². The van der Waals surface area contributed by atoms with E-state index in [-0.39, 0.29) is 11.2 Å². The molecule has 0 heterocycles. The number of hydrogen-bond acceptors (Lipinski definition) is 3. The molecule has 2 aromatic rings. The van der Waals surface area contributed by atoms with Gasteiger partial charge in [-0.3, -0.25) is 4.79 Å². The molecule has 0 aliphatic rings. The second kappa shape index (κ2) is 11.1. The van der Waals surface area contributed by atoms with Gasteiger partial charge in [0.05, 0.1) is 13.2 Å². The Kier molecular flexibility index (Phi) is 8.49. The van der Waals surface area contributed by atoms with E-state index in [0.29, 0.717) is 13.2 Å². The van der Waals surface area contributed by atoms with Gasteiger partial charge in [0.15, 0.2) is 22.0 Å². The minimum Gasteiger partial charge on any atom is -0.414 e. The first-order valence-corrected chi connectivity index (χ1v) is 9.03. The molecule has 0 N–H and O–H groups in total. The number of ether oxygens (including phenoxy) is 1. The Bertz CT molecular complexity index is 899. The van der Waals surface area contributed by atoms with Gasteiger partial charge in [0.1, 0.15) is 0 Å². The molecule has 3 nitrogen and oxygen atoms in total. The van der Waals surface area contributed by atoms with E-state index in [4.69, 9.17) is 8.57 Å². The number of benzene rings is 1. The fraction of sp³-hybridized carbons (Fsp3) is 0.0870. The summed E-state index contributed by atoms with van der Waals surface area (Å²) in [5, 5.41) is 0. The first-order chi connectivity index (χ1) is 13.2. The maximum absolute atomic E-state index is 12.0. The predicted octanol–water partition coefficient (Wildman–Crippen LogP) is 5.63. The topological polar surface area (TPSA) is 35.5 Å². The van der Waals surface area contributed by atoms with Crippen molar-refractivity contribution in [1.82, 2.24) is 0 Å². The molecule has 27 heavy (non-hydrogen) atoms. The second-order valence-electron chi connectivity index (χ2n) is 5.68. The third kappa shape index (κ3) is 6.51. The summed E-state index contributed by atoms with van der Waals surface area (Å²) in [4.78, 5) is 12.0. The van der Waals surface area contributed by atoms with E-state index in [9.17, 15) is 4.79 Å². The molecular formula is C23H21BrO3. The molecule has 0 bridgehead atoms. The lowest BCUT2D eigenvalue weighted by Gasteiger charge is -2.09. The molecule has 2 aromatic carbocycles. The van der Waals surface area contributed by atoms with Crippen LogP contribution in [0.5, 0.6) is 5.75 Å². The first-order valence-electron chi connectivity index (χ1n) is 8.38. The zero-order valence-electron chi connectivity index (χ0n) is 14.9. The molecule has 0 aliphatic heterocycles. The smallest absolute Gasteiger partial charge is 0.221 e. The maximum atomic E-state index is 12.0. The average Bonchev–Trinajstić information content (AvgIpc) is 2.88. The summed E-state index contributed by atoms with van der Waals surface area (Å²) in [7, 11) is 0. The highest BCUT2D eigenvalue weighted by Crippen LogP contribution is 2.19. The third-order valence-electron chi connectivity index (χ3n) is 3.78. The fourth-order valence-electron chi connectivity index (χ4n) is 2.40. The minimum absolute atomic E-state index is 0.215. The van der Waals surface area contributed by atoms with Crippen LogP contribution in [-0.2, 0) is 11.3 Å². The van der Waals surface area contributed by atoms with Crippen molar-refractivity contribution in [2.24, 2.45) is 0 Å². The highest BCUT2D eigenvalue weighted by molar-refractivity contribution is 9.06. The van der Waals surface area contributed by atoms with Crippen LogP contribution in [0.2, 0.25) is 0 Å². The van der Waals surface area contributed by atoms with Crippen LogP contribution in [0.3, 0.4) is 0 Å². The number of rotatable bonds is 9. The van der Waals surface area contributed by atoms with Crippen molar-refractivity contribution in [3.05, 3.63) is 119 Å². The summed E-state index contributed by atoms with van der Waals surface area (Å²) in [6, 6.07) is 16.6. The van der Waals surface area contributed by atoms with Gasteiger partial charge in [0, 0.05) is 0 Å². The Morgan fingerprint density at radius 1 is 1.04 bits per heavy atom. The van der Waals surface area contributed by atoms with Crippen molar-refractivity contribution in [3.8, 4) is 5.75 Å². The lowest BCUT2D eigenvalue weighted by atomic mass is 10.0. The largest absolute Gasteiger partial charge is 0.414 e. The van der Waals surface area contributed by atoms with Gasteiger partial charge in [-0.05, 0) is 40.5 Å². The van der Waals surface area contributed by atoms with Gasteiger partial charge >= 0.3 is 0 Å². The molecule has 0 aliphatic carbocycles. The molecule has 4 heteroatoms. The van der Waals surface area contributed by atoms with Gasteiger partial charge in [-0.25, -0.2) is 0 Å². The van der Waals surface area contributed by atoms with Crippen LogP contribution < -0.4 is 9.26 Å². The van der Waals surface area contributed by atoms with Gasteiger partial charge in [-0.2, -0.15) is 0 Å². The van der Waals surface area contributed by atoms with Crippen LogP contribution in [0, 0.1) is 0 Å². The fourth-order valence-corrected chi connectivity index (χ4v) is 2.67. The van der Waals surface area contributed by atoms with Crippen LogP contribution in [0.1, 0.15) is 11.1 Å².